The van der Waals surface area contributed by atoms with Crippen LogP contribution in [0, 0.1) is 5.92 Å². The Balaban J connectivity index is 1.96. The number of nitrogens with zero attached hydrogens (tertiary/aromatic N) is 3. The van der Waals surface area contributed by atoms with E-state index >= 15 is 0 Å². The molecule has 0 atom stereocenters. The monoisotopic (exact) mass is 268 g/mol. The second-order valence-electron chi connectivity index (χ2n) is 4.61. The number of methoxy groups -OCH3 is 1. The Morgan fingerprint density at radius 2 is 2.33 bits per heavy atom. The molecule has 0 radical (unpaired) electrons. The zero-order chi connectivity index (χ0) is 12.7. The zero-order valence-electron chi connectivity index (χ0n) is 9.89. The SMILES string of the molecule is COCC1CC(n2c(=O)[nH]c3c(Cl)ncnc32)C1. The first-order chi connectivity index (χ1) is 8.70. The number of halogens is 1. The maximum Gasteiger partial charge on any atom is 0.328 e. The maximum absolute atomic E-state index is 11.9. The molecular formula is C11H13ClN4O2. The number of hydrogen-bond donors (Lipinski definition) is 1. The van der Waals surface area contributed by atoms with Crippen molar-refractivity contribution in [2.75, 3.05) is 13.7 Å². The van der Waals surface area contributed by atoms with Gasteiger partial charge in [0.2, 0.25) is 0 Å². The molecule has 1 fully saturated rings. The molecule has 0 bridgehead atoms. The predicted molar refractivity (Wildman–Crippen MR) is 66.8 cm³/mol. The van der Waals surface area contributed by atoms with Crippen LogP contribution in [0.25, 0.3) is 11.2 Å². The van der Waals surface area contributed by atoms with Gasteiger partial charge in [-0.15, -0.1) is 0 Å². The van der Waals surface area contributed by atoms with Crippen LogP contribution in [-0.2, 0) is 4.74 Å². The topological polar surface area (TPSA) is 72.8 Å². The van der Waals surface area contributed by atoms with Crippen molar-refractivity contribution in [2.24, 2.45) is 5.92 Å². The highest BCUT2D eigenvalue weighted by atomic mass is 35.5. The Morgan fingerprint density at radius 1 is 1.56 bits per heavy atom. The molecule has 0 unspecified atom stereocenters. The second kappa shape index (κ2) is 4.37. The summed E-state index contributed by atoms with van der Waals surface area (Å²) in [5.41, 5.74) is 0.925. The minimum Gasteiger partial charge on any atom is -0.384 e. The number of rotatable bonds is 3. The first-order valence-electron chi connectivity index (χ1n) is 5.80. The molecule has 18 heavy (non-hydrogen) atoms. The number of H-pyrrole nitrogens is 1. The Morgan fingerprint density at radius 3 is 3.06 bits per heavy atom. The van der Waals surface area contributed by atoms with Crippen LogP contribution in [0.15, 0.2) is 11.1 Å². The molecule has 0 aliphatic heterocycles. The van der Waals surface area contributed by atoms with Gasteiger partial charge in [-0.1, -0.05) is 11.6 Å². The molecule has 1 aliphatic carbocycles. The summed E-state index contributed by atoms with van der Waals surface area (Å²) < 4.78 is 6.78. The van der Waals surface area contributed by atoms with Crippen LogP contribution in [-0.4, -0.2) is 33.2 Å². The van der Waals surface area contributed by atoms with Crippen molar-refractivity contribution in [3.8, 4) is 0 Å². The fourth-order valence-electron chi connectivity index (χ4n) is 2.53. The fourth-order valence-corrected chi connectivity index (χ4v) is 2.71. The van der Waals surface area contributed by atoms with E-state index in [1.54, 1.807) is 11.7 Å². The van der Waals surface area contributed by atoms with Crippen LogP contribution in [0.5, 0.6) is 0 Å². The highest BCUT2D eigenvalue weighted by Gasteiger charge is 2.33. The lowest BCUT2D eigenvalue weighted by Gasteiger charge is -2.35. The van der Waals surface area contributed by atoms with E-state index in [1.165, 1.54) is 6.33 Å². The Bertz CT molecular complexity index is 629. The van der Waals surface area contributed by atoms with Crippen LogP contribution < -0.4 is 5.69 Å². The molecule has 2 heterocycles. The van der Waals surface area contributed by atoms with Crippen LogP contribution in [0.4, 0.5) is 0 Å². The summed E-state index contributed by atoms with van der Waals surface area (Å²) in [7, 11) is 1.69. The van der Waals surface area contributed by atoms with E-state index in [4.69, 9.17) is 16.3 Å². The third-order valence-electron chi connectivity index (χ3n) is 3.44. The zero-order valence-corrected chi connectivity index (χ0v) is 10.6. The average Bonchev–Trinajstić information content (AvgIpc) is 2.62. The average molecular weight is 269 g/mol. The van der Waals surface area contributed by atoms with E-state index in [0.717, 1.165) is 19.4 Å². The molecule has 6 nitrogen and oxygen atoms in total. The van der Waals surface area contributed by atoms with Gasteiger partial charge in [0.15, 0.2) is 10.8 Å². The molecule has 0 saturated heterocycles. The quantitative estimate of drug-likeness (QED) is 0.854. The lowest BCUT2D eigenvalue weighted by Crippen LogP contribution is -2.34. The number of aromatic nitrogens is 4. The number of hydrogen-bond acceptors (Lipinski definition) is 4. The third kappa shape index (κ3) is 1.72. The molecule has 1 saturated carbocycles. The third-order valence-corrected chi connectivity index (χ3v) is 3.72. The first kappa shape index (κ1) is 11.7. The highest BCUT2D eigenvalue weighted by molar-refractivity contribution is 6.33. The van der Waals surface area contributed by atoms with Crippen LogP contribution in [0.1, 0.15) is 18.9 Å². The highest BCUT2D eigenvalue weighted by Crippen LogP contribution is 2.38. The van der Waals surface area contributed by atoms with Gasteiger partial charge in [0.25, 0.3) is 0 Å². The molecule has 0 amide bonds. The minimum absolute atomic E-state index is 0.173. The molecule has 2 aromatic rings. The summed E-state index contributed by atoms with van der Waals surface area (Å²) in [4.78, 5) is 22.7. The van der Waals surface area contributed by atoms with Gasteiger partial charge in [-0.3, -0.25) is 4.57 Å². The van der Waals surface area contributed by atoms with E-state index in [0.29, 0.717) is 17.1 Å². The summed E-state index contributed by atoms with van der Waals surface area (Å²) in [6, 6.07) is 0.178. The van der Waals surface area contributed by atoms with E-state index in [1.807, 2.05) is 0 Å². The van der Waals surface area contributed by atoms with E-state index in [9.17, 15) is 4.79 Å². The molecule has 3 rings (SSSR count). The Kier molecular flexibility index (Phi) is 2.83. The number of aromatic amines is 1. The van der Waals surface area contributed by atoms with Gasteiger partial charge < -0.3 is 9.72 Å². The predicted octanol–water partition coefficient (Wildman–Crippen LogP) is 1.37. The van der Waals surface area contributed by atoms with Crippen molar-refractivity contribution in [1.82, 2.24) is 19.5 Å². The normalized spacial score (nSPS) is 23.2. The summed E-state index contributed by atoms with van der Waals surface area (Å²) in [5.74, 6) is 0.522. The maximum atomic E-state index is 11.9. The summed E-state index contributed by atoms with van der Waals surface area (Å²) in [6.07, 6.45) is 3.24. The van der Waals surface area contributed by atoms with Crippen LogP contribution in [0.2, 0.25) is 5.15 Å². The smallest absolute Gasteiger partial charge is 0.328 e. The van der Waals surface area contributed by atoms with E-state index < -0.39 is 0 Å². The number of fused-ring (bicyclic) bond motifs is 1. The molecule has 1 aliphatic rings. The van der Waals surface area contributed by atoms with Gasteiger partial charge in [-0.2, -0.15) is 0 Å². The Labute approximate surface area is 108 Å². The van der Waals surface area contributed by atoms with E-state index in [-0.39, 0.29) is 16.9 Å². The minimum atomic E-state index is -0.173. The van der Waals surface area contributed by atoms with E-state index in [2.05, 4.69) is 15.0 Å². The van der Waals surface area contributed by atoms with Crippen molar-refractivity contribution in [1.29, 1.82) is 0 Å². The van der Waals surface area contributed by atoms with Crippen molar-refractivity contribution < 1.29 is 4.74 Å². The van der Waals surface area contributed by atoms with Gasteiger partial charge in [0.1, 0.15) is 11.8 Å². The summed E-state index contributed by atoms with van der Waals surface area (Å²) in [5, 5.41) is 0.281. The van der Waals surface area contributed by atoms with Gasteiger partial charge in [-0.05, 0) is 18.8 Å². The molecule has 0 aromatic carbocycles. The van der Waals surface area contributed by atoms with Crippen molar-refractivity contribution in [2.45, 2.75) is 18.9 Å². The van der Waals surface area contributed by atoms with Gasteiger partial charge in [-0.25, -0.2) is 14.8 Å². The largest absolute Gasteiger partial charge is 0.384 e. The lowest BCUT2D eigenvalue weighted by molar-refractivity contribution is 0.0778. The second-order valence-corrected chi connectivity index (χ2v) is 4.97. The number of nitrogens with one attached hydrogen (secondary N) is 1. The molecule has 7 heteroatoms. The standard InChI is InChI=1S/C11H13ClN4O2/c1-18-4-6-2-7(3-6)16-10-8(15-11(16)17)9(12)13-5-14-10/h5-7H,2-4H2,1H3,(H,15,17). The molecular weight excluding hydrogens is 256 g/mol. The van der Waals surface area contributed by atoms with Gasteiger partial charge in [0, 0.05) is 19.8 Å². The molecule has 96 valence electrons. The van der Waals surface area contributed by atoms with Crippen molar-refractivity contribution in [3.63, 3.8) is 0 Å². The van der Waals surface area contributed by atoms with Crippen LogP contribution in [0.3, 0.4) is 0 Å². The first-order valence-corrected chi connectivity index (χ1v) is 6.18. The molecule has 2 aromatic heterocycles. The van der Waals surface area contributed by atoms with Crippen LogP contribution >= 0.6 is 11.6 Å². The number of imidazole rings is 1. The Hall–Kier alpha value is -1.40. The fraction of sp³-hybridized carbons (Fsp3) is 0.545. The van der Waals surface area contributed by atoms with Gasteiger partial charge >= 0.3 is 5.69 Å². The van der Waals surface area contributed by atoms with Gasteiger partial charge in [0.05, 0.1) is 0 Å². The molecule has 1 N–H and O–H groups in total. The van der Waals surface area contributed by atoms with Crippen molar-refractivity contribution >= 4 is 22.8 Å². The molecule has 0 spiro atoms. The summed E-state index contributed by atoms with van der Waals surface area (Å²) >= 11 is 5.93. The summed E-state index contributed by atoms with van der Waals surface area (Å²) in [6.45, 7) is 0.739. The lowest BCUT2D eigenvalue weighted by atomic mass is 9.80. The number of ether oxygens (including phenoxy) is 1. The van der Waals surface area contributed by atoms with Crippen molar-refractivity contribution in [3.05, 3.63) is 22.0 Å².